The van der Waals surface area contributed by atoms with Crippen LogP contribution in [0.3, 0.4) is 0 Å². The molecule has 0 bridgehead atoms. The van der Waals surface area contributed by atoms with E-state index in [2.05, 4.69) is 5.32 Å². The van der Waals surface area contributed by atoms with Crippen LogP contribution in [0.15, 0.2) is 18.2 Å². The van der Waals surface area contributed by atoms with Gasteiger partial charge in [-0.3, -0.25) is 0 Å². The summed E-state index contributed by atoms with van der Waals surface area (Å²) < 4.78 is 26.6. The van der Waals surface area contributed by atoms with Crippen LogP contribution < -0.4 is 5.32 Å². The highest BCUT2D eigenvalue weighted by Crippen LogP contribution is 2.43. The molecular formula is C16H21F2N. The van der Waals surface area contributed by atoms with Crippen molar-refractivity contribution in [3.05, 3.63) is 35.4 Å². The van der Waals surface area contributed by atoms with Crippen molar-refractivity contribution in [1.82, 2.24) is 5.32 Å². The molecular weight excluding hydrogens is 244 g/mol. The van der Waals surface area contributed by atoms with Gasteiger partial charge in [0.1, 0.15) is 11.6 Å². The van der Waals surface area contributed by atoms with Crippen LogP contribution in [0, 0.1) is 23.5 Å². The largest absolute Gasteiger partial charge is 0.310 e. The summed E-state index contributed by atoms with van der Waals surface area (Å²) >= 11 is 0. The Morgan fingerprint density at radius 1 is 1.05 bits per heavy atom. The van der Waals surface area contributed by atoms with Crippen molar-refractivity contribution in [2.45, 2.75) is 51.1 Å². The first-order chi connectivity index (χ1) is 9.22. The predicted octanol–water partition coefficient (Wildman–Crippen LogP) is 4.02. The van der Waals surface area contributed by atoms with Gasteiger partial charge in [-0.05, 0) is 55.7 Å². The minimum Gasteiger partial charge on any atom is -0.310 e. The van der Waals surface area contributed by atoms with Gasteiger partial charge in [-0.15, -0.1) is 0 Å². The molecule has 2 saturated carbocycles. The van der Waals surface area contributed by atoms with Crippen LogP contribution in [0.2, 0.25) is 0 Å². The van der Waals surface area contributed by atoms with Gasteiger partial charge in [0, 0.05) is 18.2 Å². The zero-order valence-corrected chi connectivity index (χ0v) is 11.2. The van der Waals surface area contributed by atoms with E-state index in [1.54, 1.807) is 0 Å². The predicted molar refractivity (Wildman–Crippen MR) is 71.7 cm³/mol. The van der Waals surface area contributed by atoms with Crippen molar-refractivity contribution in [1.29, 1.82) is 0 Å². The van der Waals surface area contributed by atoms with Crippen LogP contribution in [0.4, 0.5) is 8.78 Å². The van der Waals surface area contributed by atoms with Crippen LogP contribution in [0.1, 0.15) is 44.1 Å². The summed E-state index contributed by atoms with van der Waals surface area (Å²) in [6.45, 7) is 0.436. The lowest BCUT2D eigenvalue weighted by Gasteiger charge is -2.30. The first-order valence-electron chi connectivity index (χ1n) is 7.39. The van der Waals surface area contributed by atoms with E-state index in [-0.39, 0.29) is 11.6 Å². The Bertz CT molecular complexity index is 442. The van der Waals surface area contributed by atoms with Crippen LogP contribution in [0.25, 0.3) is 0 Å². The normalized spacial score (nSPS) is 27.5. The smallest absolute Gasteiger partial charge is 0.127 e. The number of rotatable bonds is 4. The zero-order chi connectivity index (χ0) is 13.2. The van der Waals surface area contributed by atoms with Crippen molar-refractivity contribution >= 4 is 0 Å². The Balaban J connectivity index is 1.54. The summed E-state index contributed by atoms with van der Waals surface area (Å²) in [7, 11) is 0. The molecule has 2 atom stereocenters. The standard InChI is InChI=1S/C16H21F2N/c17-14-6-7-16(18)13(8-14)10-19-15-3-1-2-12(9-15)11-4-5-11/h6-8,11-12,15,19H,1-5,9-10H2. The minimum absolute atomic E-state index is 0.316. The number of benzene rings is 1. The number of halogens is 2. The minimum atomic E-state index is -0.363. The quantitative estimate of drug-likeness (QED) is 0.867. The Hall–Kier alpha value is -0.960. The molecule has 0 aromatic heterocycles. The van der Waals surface area contributed by atoms with Gasteiger partial charge >= 0.3 is 0 Å². The molecule has 1 N–H and O–H groups in total. The molecule has 1 nitrogen and oxygen atoms in total. The zero-order valence-electron chi connectivity index (χ0n) is 11.2. The maximum absolute atomic E-state index is 13.5. The fourth-order valence-corrected chi connectivity index (χ4v) is 3.34. The van der Waals surface area contributed by atoms with Crippen molar-refractivity contribution < 1.29 is 8.78 Å². The highest BCUT2D eigenvalue weighted by atomic mass is 19.1. The molecule has 0 saturated heterocycles. The second-order valence-corrected chi connectivity index (χ2v) is 6.08. The van der Waals surface area contributed by atoms with E-state index < -0.39 is 0 Å². The van der Waals surface area contributed by atoms with E-state index in [1.807, 2.05) is 0 Å². The van der Waals surface area contributed by atoms with Gasteiger partial charge in [0.05, 0.1) is 0 Å². The highest BCUT2D eigenvalue weighted by Gasteiger charge is 2.34. The summed E-state index contributed by atoms with van der Waals surface area (Å²) in [5, 5.41) is 3.41. The molecule has 1 aromatic carbocycles. The van der Waals surface area contributed by atoms with Crippen LogP contribution >= 0.6 is 0 Å². The fraction of sp³-hybridized carbons (Fsp3) is 0.625. The third-order valence-corrected chi connectivity index (χ3v) is 4.59. The molecule has 3 rings (SSSR count). The molecule has 0 amide bonds. The summed E-state index contributed by atoms with van der Waals surface area (Å²) in [5.74, 6) is 1.14. The van der Waals surface area contributed by atoms with E-state index in [0.717, 1.165) is 11.8 Å². The number of hydrogen-bond acceptors (Lipinski definition) is 1. The lowest BCUT2D eigenvalue weighted by Crippen LogP contribution is -2.34. The summed E-state index contributed by atoms with van der Waals surface area (Å²) in [5.41, 5.74) is 0.438. The average molecular weight is 265 g/mol. The Morgan fingerprint density at radius 3 is 2.68 bits per heavy atom. The SMILES string of the molecule is Fc1ccc(F)c(CNC2CCCC(C3CC3)C2)c1. The van der Waals surface area contributed by atoms with Gasteiger partial charge in [-0.1, -0.05) is 12.8 Å². The molecule has 0 aliphatic heterocycles. The molecule has 0 heterocycles. The molecule has 2 aliphatic rings. The maximum atomic E-state index is 13.5. The van der Waals surface area contributed by atoms with Gasteiger partial charge in [0.2, 0.25) is 0 Å². The summed E-state index contributed by atoms with van der Waals surface area (Å²) in [6, 6.07) is 4.15. The maximum Gasteiger partial charge on any atom is 0.127 e. The van der Waals surface area contributed by atoms with Crippen molar-refractivity contribution in [3.8, 4) is 0 Å². The summed E-state index contributed by atoms with van der Waals surface area (Å²) in [4.78, 5) is 0. The Morgan fingerprint density at radius 2 is 1.89 bits per heavy atom. The molecule has 1 aromatic rings. The van der Waals surface area contributed by atoms with Crippen LogP contribution in [-0.2, 0) is 6.54 Å². The Kier molecular flexibility index (Phi) is 3.83. The van der Waals surface area contributed by atoms with Gasteiger partial charge in [0.15, 0.2) is 0 Å². The van der Waals surface area contributed by atoms with Crippen molar-refractivity contribution in [2.75, 3.05) is 0 Å². The van der Waals surface area contributed by atoms with Gasteiger partial charge in [-0.25, -0.2) is 8.78 Å². The number of hydrogen-bond donors (Lipinski definition) is 1. The van der Waals surface area contributed by atoms with E-state index in [0.29, 0.717) is 18.2 Å². The monoisotopic (exact) mass is 265 g/mol. The molecule has 2 unspecified atom stereocenters. The topological polar surface area (TPSA) is 12.0 Å². The van der Waals surface area contributed by atoms with Gasteiger partial charge in [0.25, 0.3) is 0 Å². The fourth-order valence-electron chi connectivity index (χ4n) is 3.34. The third-order valence-electron chi connectivity index (χ3n) is 4.59. The van der Waals surface area contributed by atoms with Gasteiger partial charge in [-0.2, -0.15) is 0 Å². The highest BCUT2D eigenvalue weighted by molar-refractivity contribution is 5.18. The van der Waals surface area contributed by atoms with E-state index in [9.17, 15) is 8.78 Å². The molecule has 2 aliphatic carbocycles. The average Bonchev–Trinajstić information content (AvgIpc) is 3.25. The molecule has 2 fully saturated rings. The molecule has 0 spiro atoms. The van der Waals surface area contributed by atoms with Crippen molar-refractivity contribution in [3.63, 3.8) is 0 Å². The van der Waals surface area contributed by atoms with Crippen LogP contribution in [0.5, 0.6) is 0 Å². The first-order valence-corrected chi connectivity index (χ1v) is 7.39. The second kappa shape index (κ2) is 5.58. The molecule has 3 heteroatoms. The lowest BCUT2D eigenvalue weighted by atomic mass is 9.82. The molecule has 19 heavy (non-hydrogen) atoms. The van der Waals surface area contributed by atoms with E-state index >= 15 is 0 Å². The molecule has 0 radical (unpaired) electrons. The molecule has 104 valence electrons. The number of nitrogens with one attached hydrogen (secondary N) is 1. The van der Waals surface area contributed by atoms with Crippen molar-refractivity contribution in [2.24, 2.45) is 11.8 Å². The second-order valence-electron chi connectivity index (χ2n) is 6.08. The van der Waals surface area contributed by atoms with Crippen LogP contribution in [-0.4, -0.2) is 6.04 Å². The van der Waals surface area contributed by atoms with E-state index in [1.165, 1.54) is 56.7 Å². The van der Waals surface area contributed by atoms with E-state index in [4.69, 9.17) is 0 Å². The van der Waals surface area contributed by atoms with Gasteiger partial charge < -0.3 is 5.32 Å². The summed E-state index contributed by atoms with van der Waals surface area (Å²) in [6.07, 6.45) is 7.80. The first kappa shape index (κ1) is 13.0. The lowest BCUT2D eigenvalue weighted by molar-refractivity contribution is 0.259. The third kappa shape index (κ3) is 3.33. The Labute approximate surface area is 113 Å².